The second-order valence-corrected chi connectivity index (χ2v) is 17.2. The van der Waals surface area contributed by atoms with Gasteiger partial charge in [0.2, 0.25) is 0 Å². The molecule has 0 heterocycles. The van der Waals surface area contributed by atoms with Crippen LogP contribution in [0.2, 0.25) is 9.88 Å². The molecule has 0 saturated heterocycles. The van der Waals surface area contributed by atoms with Crippen LogP contribution in [0, 0.1) is 0 Å². The van der Waals surface area contributed by atoms with Crippen LogP contribution in [0.5, 0.6) is 11.5 Å². The van der Waals surface area contributed by atoms with Crippen molar-refractivity contribution in [3.05, 3.63) is 57.6 Å². The first kappa shape index (κ1) is 24.1. The fourth-order valence-corrected chi connectivity index (χ4v) is 8.73. The molecule has 0 amide bonds. The van der Waals surface area contributed by atoms with Crippen molar-refractivity contribution in [1.29, 1.82) is 0 Å². The van der Waals surface area contributed by atoms with Gasteiger partial charge in [0.05, 0.1) is 0 Å². The van der Waals surface area contributed by atoms with Crippen LogP contribution in [0.15, 0.2) is 24.3 Å². The van der Waals surface area contributed by atoms with Crippen LogP contribution in [0.1, 0.15) is 74.9 Å². The summed E-state index contributed by atoms with van der Waals surface area (Å²) >= 11 is -3.26. The predicted molar refractivity (Wildman–Crippen MR) is 128 cm³/mol. The molecule has 0 unspecified atom stereocenters. The third-order valence-corrected chi connectivity index (χ3v) is 9.92. The summed E-state index contributed by atoms with van der Waals surface area (Å²) in [7, 11) is 0. The maximum atomic E-state index is 6.69. The Morgan fingerprint density at radius 1 is 0.517 bits per heavy atom. The molecule has 0 N–H and O–H groups in total. The standard InChI is InChI=1S/2C12H18O.2CH3.Sn/c2*1-4-9-7-8-12(13)11(6-3)10(9)5-2;;;/h2*7-8,13H,4-6H2,1-3H3;2*1H3;/q;;;;+2/p-2. The van der Waals surface area contributed by atoms with E-state index in [9.17, 15) is 0 Å². The van der Waals surface area contributed by atoms with Crippen molar-refractivity contribution in [3.63, 3.8) is 0 Å². The summed E-state index contributed by atoms with van der Waals surface area (Å²) in [6.45, 7) is 13.4. The molecule has 0 radical (unpaired) electrons. The van der Waals surface area contributed by atoms with Crippen LogP contribution >= 0.6 is 0 Å². The van der Waals surface area contributed by atoms with E-state index in [1.54, 1.807) is 0 Å². The molecule has 29 heavy (non-hydrogen) atoms. The summed E-state index contributed by atoms with van der Waals surface area (Å²) in [5.74, 6) is 2.09. The fourth-order valence-electron chi connectivity index (χ4n) is 4.50. The minimum atomic E-state index is -3.26. The molecule has 2 nitrogen and oxygen atoms in total. The van der Waals surface area contributed by atoms with E-state index in [1.165, 1.54) is 33.4 Å². The zero-order valence-electron chi connectivity index (χ0n) is 19.9. The van der Waals surface area contributed by atoms with Crippen molar-refractivity contribution < 1.29 is 6.15 Å². The molecule has 2 rings (SSSR count). The second kappa shape index (κ2) is 10.7. The topological polar surface area (TPSA) is 18.5 Å². The van der Waals surface area contributed by atoms with E-state index >= 15 is 0 Å². The molecule has 0 atom stereocenters. The Kier molecular flexibility index (Phi) is 8.93. The minimum absolute atomic E-state index is 1.000. The van der Waals surface area contributed by atoms with E-state index < -0.39 is 19.2 Å². The molecule has 2 aromatic carbocycles. The van der Waals surface area contributed by atoms with E-state index in [2.05, 4.69) is 75.7 Å². The van der Waals surface area contributed by atoms with Gasteiger partial charge in [0.25, 0.3) is 0 Å². The molecule has 2 aromatic rings. The summed E-state index contributed by atoms with van der Waals surface area (Å²) in [6.07, 6.45) is 6.25. The van der Waals surface area contributed by atoms with Crippen molar-refractivity contribution in [2.24, 2.45) is 0 Å². The quantitative estimate of drug-likeness (QED) is 0.319. The van der Waals surface area contributed by atoms with Gasteiger partial charge in [-0.05, 0) is 0 Å². The summed E-state index contributed by atoms with van der Waals surface area (Å²) in [4.78, 5) is 4.46. The Labute approximate surface area is 184 Å². The number of rotatable bonds is 10. The summed E-state index contributed by atoms with van der Waals surface area (Å²) in [5, 5.41) is 0. The molecular weight excluding hydrogens is 463 g/mol. The van der Waals surface area contributed by atoms with Gasteiger partial charge in [-0.25, -0.2) is 0 Å². The Bertz CT molecular complexity index is 756. The van der Waals surface area contributed by atoms with Gasteiger partial charge in [-0.1, -0.05) is 0 Å². The van der Waals surface area contributed by atoms with E-state index in [0.29, 0.717) is 0 Å². The SMILES string of the molecule is CCc1ccc([O][Sn]([CH3])([CH3])[O]c2ccc(CC)c(CC)c2CC)c(CC)c1CC. The molecule has 0 saturated carbocycles. The molecule has 0 spiro atoms. The predicted octanol–water partition coefficient (Wildman–Crippen LogP) is 7.22. The van der Waals surface area contributed by atoms with E-state index in [4.69, 9.17) is 6.15 Å². The van der Waals surface area contributed by atoms with Crippen molar-refractivity contribution >= 4 is 19.2 Å². The normalized spacial score (nSPS) is 11.6. The van der Waals surface area contributed by atoms with Gasteiger partial charge in [0.1, 0.15) is 0 Å². The molecule has 0 aliphatic carbocycles. The van der Waals surface area contributed by atoms with Crippen molar-refractivity contribution in [2.75, 3.05) is 0 Å². The van der Waals surface area contributed by atoms with Crippen LogP contribution in [-0.4, -0.2) is 19.2 Å². The molecule has 160 valence electrons. The average molecular weight is 503 g/mol. The number of benzene rings is 2. The second-order valence-electron chi connectivity index (χ2n) is 8.09. The Morgan fingerprint density at radius 2 is 0.862 bits per heavy atom. The first-order chi connectivity index (χ1) is 13.8. The maximum absolute atomic E-state index is 6.69. The van der Waals surface area contributed by atoms with Crippen molar-refractivity contribution in [1.82, 2.24) is 0 Å². The summed E-state index contributed by atoms with van der Waals surface area (Å²) in [6, 6.07) is 8.85. The molecule has 3 heteroatoms. The Balaban J connectivity index is 2.39. The summed E-state index contributed by atoms with van der Waals surface area (Å²) in [5.41, 5.74) is 8.55. The van der Waals surface area contributed by atoms with Crippen LogP contribution < -0.4 is 6.15 Å². The van der Waals surface area contributed by atoms with Gasteiger partial charge in [0.15, 0.2) is 0 Å². The molecule has 0 aliphatic heterocycles. The van der Waals surface area contributed by atoms with Crippen LogP contribution in [-0.2, 0) is 38.5 Å². The van der Waals surface area contributed by atoms with Crippen LogP contribution in [0.25, 0.3) is 0 Å². The van der Waals surface area contributed by atoms with Crippen molar-refractivity contribution in [3.8, 4) is 11.5 Å². The van der Waals surface area contributed by atoms with Crippen LogP contribution in [0.4, 0.5) is 0 Å². The molecule has 0 aromatic heterocycles. The molecule has 0 fully saturated rings. The third-order valence-electron chi connectivity index (χ3n) is 5.86. The zero-order valence-corrected chi connectivity index (χ0v) is 22.7. The summed E-state index contributed by atoms with van der Waals surface area (Å²) < 4.78 is 13.4. The van der Waals surface area contributed by atoms with Crippen molar-refractivity contribution in [2.45, 2.75) is 89.9 Å². The number of hydrogen-bond donors (Lipinski definition) is 0. The van der Waals surface area contributed by atoms with Gasteiger partial charge in [-0.2, -0.15) is 0 Å². The average Bonchev–Trinajstić information content (AvgIpc) is 2.72. The molecule has 0 aliphatic rings. The third kappa shape index (κ3) is 5.51. The fraction of sp³-hybridized carbons (Fsp3) is 0.538. The first-order valence-corrected chi connectivity index (χ1v) is 19.5. The van der Waals surface area contributed by atoms with E-state index in [-0.39, 0.29) is 0 Å². The van der Waals surface area contributed by atoms with Gasteiger partial charge < -0.3 is 0 Å². The molecular formula is C26H40O2Sn. The van der Waals surface area contributed by atoms with Gasteiger partial charge in [-0.15, -0.1) is 0 Å². The number of aryl methyl sites for hydroxylation is 2. The Morgan fingerprint density at radius 3 is 1.14 bits per heavy atom. The van der Waals surface area contributed by atoms with Crippen LogP contribution in [0.3, 0.4) is 0 Å². The van der Waals surface area contributed by atoms with E-state index in [0.717, 1.165) is 50.0 Å². The Hall–Kier alpha value is -1.16. The van der Waals surface area contributed by atoms with Gasteiger partial charge in [-0.3, -0.25) is 0 Å². The number of hydrogen-bond acceptors (Lipinski definition) is 2. The van der Waals surface area contributed by atoms with Gasteiger partial charge >= 0.3 is 184 Å². The van der Waals surface area contributed by atoms with Gasteiger partial charge in [0, 0.05) is 0 Å². The zero-order chi connectivity index (χ0) is 21.6. The molecule has 0 bridgehead atoms. The monoisotopic (exact) mass is 504 g/mol. The first-order valence-electron chi connectivity index (χ1n) is 11.5. The van der Waals surface area contributed by atoms with E-state index in [1.807, 2.05) is 0 Å².